The van der Waals surface area contributed by atoms with E-state index < -0.39 is 0 Å². The molecule has 0 aliphatic carbocycles. The minimum atomic E-state index is -0.270. The molecule has 1 aliphatic rings. The van der Waals surface area contributed by atoms with Crippen LogP contribution in [0.2, 0.25) is 0 Å². The van der Waals surface area contributed by atoms with Crippen LogP contribution >= 0.6 is 0 Å². The summed E-state index contributed by atoms with van der Waals surface area (Å²) in [4.78, 5) is 24.5. The lowest BCUT2D eigenvalue weighted by Gasteiger charge is -2.09. The van der Waals surface area contributed by atoms with Gasteiger partial charge in [0, 0.05) is 6.54 Å². The molecule has 4 heteroatoms. The smallest absolute Gasteiger partial charge is 0.324 e. The highest BCUT2D eigenvalue weighted by atomic mass is 16.2. The third-order valence-electron chi connectivity index (χ3n) is 3.52. The van der Waals surface area contributed by atoms with E-state index in [9.17, 15) is 9.59 Å². The molecule has 4 nitrogen and oxygen atoms in total. The zero-order valence-electron chi connectivity index (χ0n) is 11.7. The molecule has 1 unspecified atom stereocenters. The van der Waals surface area contributed by atoms with E-state index in [1.54, 1.807) is 0 Å². The van der Waals surface area contributed by atoms with Gasteiger partial charge >= 0.3 is 6.03 Å². The SMILES string of the molecule is CCCCCCCCCC1NC(=O)N(CC)C1=O. The van der Waals surface area contributed by atoms with Crippen molar-refractivity contribution >= 4 is 11.9 Å². The Labute approximate surface area is 110 Å². The van der Waals surface area contributed by atoms with E-state index in [-0.39, 0.29) is 18.0 Å². The quantitative estimate of drug-likeness (QED) is 0.508. The van der Waals surface area contributed by atoms with Gasteiger partial charge in [-0.2, -0.15) is 0 Å². The molecule has 0 aromatic carbocycles. The number of nitrogens with zero attached hydrogens (tertiary/aromatic N) is 1. The predicted octanol–water partition coefficient (Wildman–Crippen LogP) is 3.07. The van der Waals surface area contributed by atoms with Crippen LogP contribution < -0.4 is 5.32 Å². The second kappa shape index (κ2) is 8.11. The van der Waals surface area contributed by atoms with Crippen molar-refractivity contribution in [3.8, 4) is 0 Å². The van der Waals surface area contributed by atoms with Gasteiger partial charge in [-0.05, 0) is 13.3 Å². The average molecular weight is 254 g/mol. The van der Waals surface area contributed by atoms with Gasteiger partial charge in [0.15, 0.2) is 0 Å². The van der Waals surface area contributed by atoms with E-state index >= 15 is 0 Å². The molecule has 18 heavy (non-hydrogen) atoms. The first kappa shape index (κ1) is 15.0. The van der Waals surface area contributed by atoms with Crippen LogP contribution in [0.4, 0.5) is 4.79 Å². The molecule has 1 rings (SSSR count). The summed E-state index contributed by atoms with van der Waals surface area (Å²) < 4.78 is 0. The number of carbonyl (C=O) groups excluding carboxylic acids is 2. The first-order valence-corrected chi connectivity index (χ1v) is 7.32. The molecule has 1 aliphatic heterocycles. The summed E-state index contributed by atoms with van der Waals surface area (Å²) in [5.41, 5.74) is 0. The van der Waals surface area contributed by atoms with Crippen molar-refractivity contribution in [3.63, 3.8) is 0 Å². The molecular formula is C14H26N2O2. The molecule has 1 fully saturated rings. The van der Waals surface area contributed by atoms with Crippen LogP contribution in [-0.2, 0) is 4.79 Å². The Morgan fingerprint density at radius 1 is 1.00 bits per heavy atom. The summed E-state index contributed by atoms with van der Waals surface area (Å²) >= 11 is 0. The molecule has 1 N–H and O–H groups in total. The molecule has 104 valence electrons. The molecule has 0 aromatic rings. The van der Waals surface area contributed by atoms with Gasteiger partial charge in [0.05, 0.1) is 0 Å². The van der Waals surface area contributed by atoms with Crippen molar-refractivity contribution in [2.24, 2.45) is 0 Å². The van der Waals surface area contributed by atoms with Gasteiger partial charge in [0.2, 0.25) is 0 Å². The standard InChI is InChI=1S/C14H26N2O2/c1-3-5-6-7-8-9-10-11-12-13(17)16(4-2)14(18)15-12/h12H,3-11H2,1-2H3,(H,15,18). The lowest BCUT2D eigenvalue weighted by atomic mass is 10.1. The van der Waals surface area contributed by atoms with Crippen molar-refractivity contribution in [3.05, 3.63) is 0 Å². The van der Waals surface area contributed by atoms with E-state index in [1.165, 1.54) is 37.0 Å². The van der Waals surface area contributed by atoms with Crippen molar-refractivity contribution in [1.29, 1.82) is 0 Å². The van der Waals surface area contributed by atoms with Gasteiger partial charge in [-0.1, -0.05) is 51.9 Å². The summed E-state index contributed by atoms with van der Waals surface area (Å²) in [7, 11) is 0. The number of nitrogens with one attached hydrogen (secondary N) is 1. The van der Waals surface area contributed by atoms with E-state index in [1.807, 2.05) is 6.92 Å². The predicted molar refractivity (Wildman–Crippen MR) is 72.3 cm³/mol. The van der Waals surface area contributed by atoms with Gasteiger partial charge in [0.25, 0.3) is 5.91 Å². The molecule has 1 saturated heterocycles. The van der Waals surface area contributed by atoms with Crippen LogP contribution in [0.5, 0.6) is 0 Å². The van der Waals surface area contributed by atoms with Crippen molar-refractivity contribution in [2.75, 3.05) is 6.54 Å². The van der Waals surface area contributed by atoms with Crippen LogP contribution in [0.1, 0.15) is 65.2 Å². The van der Waals surface area contributed by atoms with Crippen molar-refractivity contribution in [1.82, 2.24) is 10.2 Å². The second-order valence-corrected chi connectivity index (χ2v) is 4.99. The maximum Gasteiger partial charge on any atom is 0.324 e. The number of hydrogen-bond acceptors (Lipinski definition) is 2. The van der Waals surface area contributed by atoms with Gasteiger partial charge < -0.3 is 5.32 Å². The Bertz CT molecular complexity index is 279. The highest BCUT2D eigenvalue weighted by Gasteiger charge is 2.35. The normalized spacial score (nSPS) is 19.4. The Morgan fingerprint density at radius 2 is 1.61 bits per heavy atom. The fraction of sp³-hybridized carbons (Fsp3) is 0.857. The largest absolute Gasteiger partial charge is 0.326 e. The molecule has 0 bridgehead atoms. The average Bonchev–Trinajstić information content (AvgIpc) is 2.63. The van der Waals surface area contributed by atoms with Gasteiger partial charge in [0.1, 0.15) is 6.04 Å². The maximum atomic E-state index is 11.8. The van der Waals surface area contributed by atoms with E-state index in [0.717, 1.165) is 19.3 Å². The molecule has 1 atom stereocenters. The fourth-order valence-corrected chi connectivity index (χ4v) is 2.38. The first-order chi connectivity index (χ1) is 8.70. The molecular weight excluding hydrogens is 228 g/mol. The Morgan fingerprint density at radius 3 is 2.17 bits per heavy atom. The number of hydrogen-bond donors (Lipinski definition) is 1. The minimum Gasteiger partial charge on any atom is -0.326 e. The van der Waals surface area contributed by atoms with Gasteiger partial charge in [-0.3, -0.25) is 9.69 Å². The Balaban J connectivity index is 2.10. The third-order valence-corrected chi connectivity index (χ3v) is 3.52. The first-order valence-electron chi connectivity index (χ1n) is 7.32. The second-order valence-electron chi connectivity index (χ2n) is 4.99. The third kappa shape index (κ3) is 4.31. The number of amides is 3. The van der Waals surface area contributed by atoms with Crippen LogP contribution in [0.25, 0.3) is 0 Å². The number of unbranched alkanes of at least 4 members (excludes halogenated alkanes) is 6. The topological polar surface area (TPSA) is 49.4 Å². The number of rotatable bonds is 9. The number of likely N-dealkylation sites (N-methyl/N-ethyl adjacent to an activating group) is 1. The lowest BCUT2D eigenvalue weighted by molar-refractivity contribution is -0.127. The van der Waals surface area contributed by atoms with Crippen LogP contribution in [0.3, 0.4) is 0 Å². The summed E-state index contributed by atoms with van der Waals surface area (Å²) in [5.74, 6) is -0.0477. The zero-order valence-corrected chi connectivity index (χ0v) is 11.7. The van der Waals surface area contributed by atoms with E-state index in [0.29, 0.717) is 6.54 Å². The highest BCUT2D eigenvalue weighted by Crippen LogP contribution is 2.14. The molecule has 0 aromatic heterocycles. The molecule has 3 amide bonds. The van der Waals surface area contributed by atoms with E-state index in [4.69, 9.17) is 0 Å². The fourth-order valence-electron chi connectivity index (χ4n) is 2.38. The maximum absolute atomic E-state index is 11.8. The molecule has 0 spiro atoms. The zero-order chi connectivity index (χ0) is 13.4. The number of imide groups is 1. The van der Waals surface area contributed by atoms with Crippen molar-refractivity contribution in [2.45, 2.75) is 71.3 Å². The lowest BCUT2D eigenvalue weighted by Crippen LogP contribution is -2.31. The van der Waals surface area contributed by atoms with Crippen molar-refractivity contribution < 1.29 is 9.59 Å². The summed E-state index contributed by atoms with van der Waals surface area (Å²) in [6.07, 6.45) is 9.42. The van der Waals surface area contributed by atoms with Gasteiger partial charge in [-0.15, -0.1) is 0 Å². The highest BCUT2D eigenvalue weighted by molar-refractivity contribution is 6.04. The summed E-state index contributed by atoms with van der Waals surface area (Å²) in [5, 5.41) is 2.75. The Kier molecular flexibility index (Phi) is 6.76. The Hall–Kier alpha value is -1.06. The monoisotopic (exact) mass is 254 g/mol. The number of carbonyl (C=O) groups is 2. The van der Waals surface area contributed by atoms with Crippen LogP contribution in [-0.4, -0.2) is 29.4 Å². The van der Waals surface area contributed by atoms with Crippen LogP contribution in [0, 0.1) is 0 Å². The molecule has 0 radical (unpaired) electrons. The summed E-state index contributed by atoms with van der Waals surface area (Å²) in [6, 6.07) is -0.497. The minimum absolute atomic E-state index is 0.0477. The molecule has 1 heterocycles. The van der Waals surface area contributed by atoms with Gasteiger partial charge in [-0.25, -0.2) is 4.79 Å². The van der Waals surface area contributed by atoms with E-state index in [2.05, 4.69) is 12.2 Å². The molecule has 0 saturated carbocycles. The van der Waals surface area contributed by atoms with Crippen LogP contribution in [0.15, 0.2) is 0 Å². The summed E-state index contributed by atoms with van der Waals surface area (Å²) in [6.45, 7) is 4.51. The number of urea groups is 1.